The lowest BCUT2D eigenvalue weighted by atomic mass is 9.79. The third kappa shape index (κ3) is 7.63. The fourth-order valence-corrected chi connectivity index (χ4v) is 9.33. The molecule has 59 heavy (non-hydrogen) atoms. The van der Waals surface area contributed by atoms with Crippen LogP contribution in [-0.2, 0) is 19.1 Å². The van der Waals surface area contributed by atoms with Gasteiger partial charge in [-0.2, -0.15) is 0 Å². The van der Waals surface area contributed by atoms with E-state index in [1.54, 1.807) is 0 Å². The predicted molar refractivity (Wildman–Crippen MR) is 218 cm³/mol. The van der Waals surface area contributed by atoms with Gasteiger partial charge in [0.1, 0.15) is 23.7 Å². The number of imidazole rings is 2. The summed E-state index contributed by atoms with van der Waals surface area (Å²) in [5, 5.41) is 5.58. The van der Waals surface area contributed by atoms with Crippen LogP contribution in [0.25, 0.3) is 22.3 Å². The van der Waals surface area contributed by atoms with Crippen LogP contribution in [0.1, 0.15) is 106 Å². The van der Waals surface area contributed by atoms with Gasteiger partial charge in [0.15, 0.2) is 0 Å². The Morgan fingerprint density at radius 3 is 2.02 bits per heavy atom. The second-order valence-corrected chi connectivity index (χ2v) is 17.9. The molecule has 9 rings (SSSR count). The Kier molecular flexibility index (Phi) is 9.88. The number of aromatic nitrogens is 4. The number of rotatable bonds is 9. The fourth-order valence-electron chi connectivity index (χ4n) is 9.33. The highest BCUT2D eigenvalue weighted by Crippen LogP contribution is 2.59. The molecule has 4 heterocycles. The molecule has 4 amide bonds. The maximum Gasteiger partial charge on any atom is 0.407 e. The van der Waals surface area contributed by atoms with Crippen molar-refractivity contribution >= 4 is 35.0 Å². The summed E-state index contributed by atoms with van der Waals surface area (Å²) in [6.07, 6.45) is 9.55. The van der Waals surface area contributed by atoms with Crippen molar-refractivity contribution < 1.29 is 28.7 Å². The van der Waals surface area contributed by atoms with Crippen molar-refractivity contribution in [1.82, 2.24) is 40.4 Å². The van der Waals surface area contributed by atoms with E-state index in [0.717, 1.165) is 103 Å². The quantitative estimate of drug-likeness (QED) is 0.141. The largest absolute Gasteiger partial charge is 0.453 e. The molecule has 3 aliphatic carbocycles. The molecule has 2 spiro atoms. The first-order chi connectivity index (χ1) is 28.5. The second-order valence-electron chi connectivity index (χ2n) is 17.9. The third-order valence-corrected chi connectivity index (χ3v) is 13.5. The van der Waals surface area contributed by atoms with Gasteiger partial charge in [0.2, 0.25) is 11.8 Å². The number of carbonyl (C=O) groups excluding carboxylic acids is 4. The van der Waals surface area contributed by atoms with Gasteiger partial charge in [-0.1, -0.05) is 44.2 Å². The summed E-state index contributed by atoms with van der Waals surface area (Å²) in [6, 6.07) is 12.2. The first-order valence-electron chi connectivity index (χ1n) is 20.9. The topological polar surface area (TPSA) is 175 Å². The van der Waals surface area contributed by atoms with Gasteiger partial charge in [0.25, 0.3) is 0 Å². The Morgan fingerprint density at radius 1 is 0.797 bits per heavy atom. The van der Waals surface area contributed by atoms with E-state index in [0.29, 0.717) is 13.1 Å². The molecule has 308 valence electrons. The van der Waals surface area contributed by atoms with E-state index in [1.807, 2.05) is 72.3 Å². The number of benzene rings is 2. The van der Waals surface area contributed by atoms with Gasteiger partial charge in [-0.05, 0) is 110 Å². The van der Waals surface area contributed by atoms with Crippen LogP contribution >= 0.6 is 0 Å². The van der Waals surface area contributed by atoms with E-state index in [1.165, 1.54) is 14.2 Å². The number of carbonyl (C=O) groups is 4. The highest BCUT2D eigenvalue weighted by molar-refractivity contribution is 5.88. The average Bonchev–Trinajstić information content (AvgIpc) is 3.83. The molecule has 0 unspecified atom stereocenters. The number of nitrogens with zero attached hydrogens (tertiary/aromatic N) is 4. The molecule has 2 aliphatic heterocycles. The number of ether oxygens (including phenoxy) is 2. The van der Waals surface area contributed by atoms with Crippen LogP contribution in [0.4, 0.5) is 9.59 Å². The summed E-state index contributed by atoms with van der Waals surface area (Å²) in [7, 11) is 2.63. The molecule has 14 nitrogen and oxygen atoms in total. The van der Waals surface area contributed by atoms with Crippen LogP contribution in [0.2, 0.25) is 0 Å². The van der Waals surface area contributed by atoms with Gasteiger partial charge < -0.3 is 39.9 Å². The number of hydrogen-bond acceptors (Lipinski definition) is 8. The predicted octanol–water partition coefficient (Wildman–Crippen LogP) is 6.37. The fraction of sp³-hybridized carbons (Fsp3) is 0.511. The summed E-state index contributed by atoms with van der Waals surface area (Å²) in [5.74, 6) is 7.94. The van der Waals surface area contributed by atoms with E-state index < -0.39 is 24.3 Å². The standard InChI is InChI=1S/C45H52N8O6/c1-26(2)36(50-42(56)58-3)40(54)52-24-44(16-17-44)21-34(52)38-46-23-33(49-38)29-13-10-27(11-14-29)8-9-28-12-15-31-32(20-28)48-39(47-31)35-22-45(18-19-45)25-53(35)41(55)37(30-6-5-7-30)51-43(57)59-4/h10-15,20,23,26,30,34-37H,5-7,16-19,21-22,24-25H2,1-4H3,(H,46,49)(H,47,48)(H,50,56)(H,51,57)/t34-,35-,36-,37-/m0/s1. The van der Waals surface area contributed by atoms with E-state index in [9.17, 15) is 19.2 Å². The van der Waals surface area contributed by atoms with Crippen molar-refractivity contribution in [1.29, 1.82) is 0 Å². The first-order valence-corrected chi connectivity index (χ1v) is 20.9. The summed E-state index contributed by atoms with van der Waals surface area (Å²) in [5.41, 5.74) is 5.42. The number of likely N-dealkylation sites (tertiary alicyclic amines) is 2. The summed E-state index contributed by atoms with van der Waals surface area (Å²) >= 11 is 0. The average molecular weight is 801 g/mol. The number of hydrogen-bond donors (Lipinski definition) is 4. The lowest BCUT2D eigenvalue weighted by molar-refractivity contribution is -0.137. The zero-order valence-electron chi connectivity index (χ0n) is 34.1. The number of alkyl carbamates (subject to hydrolysis) is 2. The van der Waals surface area contributed by atoms with E-state index in [2.05, 4.69) is 32.4 Å². The molecule has 0 radical (unpaired) electrons. The first kappa shape index (κ1) is 38.7. The molecule has 0 bridgehead atoms. The van der Waals surface area contributed by atoms with Crippen molar-refractivity contribution in [3.63, 3.8) is 0 Å². The molecular formula is C45H52N8O6. The summed E-state index contributed by atoms with van der Waals surface area (Å²) < 4.78 is 9.69. The van der Waals surface area contributed by atoms with Crippen molar-refractivity contribution in [3.05, 3.63) is 71.4 Å². The van der Waals surface area contributed by atoms with Gasteiger partial charge in [0, 0.05) is 24.2 Å². The molecule has 14 heteroatoms. The lowest BCUT2D eigenvalue weighted by Gasteiger charge is -2.36. The van der Waals surface area contributed by atoms with Crippen molar-refractivity contribution in [3.8, 4) is 23.1 Å². The molecular weight excluding hydrogens is 749 g/mol. The van der Waals surface area contributed by atoms with Crippen LogP contribution in [0, 0.1) is 34.5 Å². The zero-order valence-corrected chi connectivity index (χ0v) is 34.1. The van der Waals surface area contributed by atoms with Crippen LogP contribution < -0.4 is 10.6 Å². The van der Waals surface area contributed by atoms with Gasteiger partial charge in [-0.15, -0.1) is 0 Å². The van der Waals surface area contributed by atoms with Crippen molar-refractivity contribution in [2.24, 2.45) is 22.7 Å². The minimum atomic E-state index is -0.690. The number of fused-ring (bicyclic) bond motifs is 1. The SMILES string of the molecule is COC(=O)N[C@H](C(=O)N1CC2(CC2)C[C@H]1c1ncc(-c2ccc(C#Cc3ccc4nc([C@@H]5CC6(CC6)CN5C(=O)[C@@H](NC(=O)OC)C5CCC5)[nH]c4c3)cc2)[nH]1)C(C)C. The lowest BCUT2D eigenvalue weighted by Crippen LogP contribution is -2.53. The van der Waals surface area contributed by atoms with Crippen molar-refractivity contribution in [2.45, 2.75) is 95.8 Å². The Morgan fingerprint density at radius 2 is 1.41 bits per heavy atom. The summed E-state index contributed by atoms with van der Waals surface area (Å²) in [4.78, 5) is 72.8. The van der Waals surface area contributed by atoms with Gasteiger partial charge in [0.05, 0.1) is 49.2 Å². The van der Waals surface area contributed by atoms with Gasteiger partial charge in [-0.25, -0.2) is 19.6 Å². The second kappa shape index (κ2) is 15.1. The molecule has 4 N–H and O–H groups in total. The maximum atomic E-state index is 14.1. The number of H-pyrrole nitrogens is 2. The van der Waals surface area contributed by atoms with Gasteiger partial charge in [-0.3, -0.25) is 9.59 Å². The molecule has 5 fully saturated rings. The number of aromatic amines is 2. The Balaban J connectivity index is 0.886. The van der Waals surface area contributed by atoms with Gasteiger partial charge >= 0.3 is 12.2 Å². The maximum absolute atomic E-state index is 14.1. The molecule has 2 aromatic heterocycles. The van der Waals surface area contributed by atoms with E-state index >= 15 is 0 Å². The molecule has 4 aromatic rings. The van der Waals surface area contributed by atoms with E-state index in [4.69, 9.17) is 19.4 Å². The number of methoxy groups -OCH3 is 2. The van der Waals surface area contributed by atoms with Crippen LogP contribution in [0.3, 0.4) is 0 Å². The highest BCUT2D eigenvalue weighted by atomic mass is 16.5. The third-order valence-electron chi connectivity index (χ3n) is 13.5. The number of amides is 4. The minimum Gasteiger partial charge on any atom is -0.453 e. The van der Waals surface area contributed by atoms with Crippen LogP contribution in [-0.4, -0.2) is 93.1 Å². The normalized spacial score (nSPS) is 22.1. The summed E-state index contributed by atoms with van der Waals surface area (Å²) in [6.45, 7) is 5.16. The van der Waals surface area contributed by atoms with Crippen LogP contribution in [0.15, 0.2) is 48.7 Å². The Bertz CT molecular complexity index is 2340. The van der Waals surface area contributed by atoms with Crippen molar-refractivity contribution in [2.75, 3.05) is 27.3 Å². The Labute approximate surface area is 343 Å². The highest BCUT2D eigenvalue weighted by Gasteiger charge is 2.56. The van der Waals surface area contributed by atoms with Crippen LogP contribution in [0.5, 0.6) is 0 Å². The monoisotopic (exact) mass is 800 g/mol. The zero-order chi connectivity index (χ0) is 41.1. The number of nitrogens with one attached hydrogen (secondary N) is 4. The molecule has 4 atom stereocenters. The molecule has 2 saturated heterocycles. The molecule has 5 aliphatic rings. The molecule has 2 aromatic carbocycles. The molecule has 3 saturated carbocycles. The van der Waals surface area contributed by atoms with E-state index in [-0.39, 0.29) is 46.6 Å². The smallest absolute Gasteiger partial charge is 0.407 e. The Hall–Kier alpha value is -5.84. The minimum absolute atomic E-state index is 0.0510.